The summed E-state index contributed by atoms with van der Waals surface area (Å²) in [6.45, 7) is 5.25. The first-order valence-corrected chi connectivity index (χ1v) is 8.33. The van der Waals surface area contributed by atoms with Crippen molar-refractivity contribution >= 4 is 9.84 Å². The van der Waals surface area contributed by atoms with E-state index in [2.05, 4.69) is 5.32 Å². The van der Waals surface area contributed by atoms with Gasteiger partial charge in [-0.25, -0.2) is 8.42 Å². The Kier molecular flexibility index (Phi) is 9.78. The highest BCUT2D eigenvalue weighted by molar-refractivity contribution is 7.91. The molecule has 0 heterocycles. The quantitative estimate of drug-likeness (QED) is 0.577. The topological polar surface area (TPSA) is 55.4 Å². The summed E-state index contributed by atoms with van der Waals surface area (Å²) in [5, 5.41) is 3.23. The van der Waals surface area contributed by atoms with Crippen molar-refractivity contribution in [3.8, 4) is 0 Å². The summed E-state index contributed by atoms with van der Waals surface area (Å²) < 4.78 is 27.9. The minimum absolute atomic E-state index is 0.252. The van der Waals surface area contributed by atoms with Crippen molar-refractivity contribution < 1.29 is 13.2 Å². The molecule has 0 aliphatic heterocycles. The molecule has 0 saturated carbocycles. The average molecular weight is 265 g/mol. The Morgan fingerprint density at radius 2 is 1.82 bits per heavy atom. The lowest BCUT2D eigenvalue weighted by molar-refractivity contribution is 0.140. The first kappa shape index (κ1) is 16.9. The molecule has 5 heteroatoms. The van der Waals surface area contributed by atoms with Gasteiger partial charge in [0.05, 0.1) is 5.75 Å². The molecule has 0 radical (unpaired) electrons. The van der Waals surface area contributed by atoms with E-state index in [-0.39, 0.29) is 5.75 Å². The number of sulfone groups is 1. The predicted octanol–water partition coefficient (Wildman–Crippen LogP) is 1.61. The third-order valence-corrected chi connectivity index (χ3v) is 4.69. The summed E-state index contributed by atoms with van der Waals surface area (Å²) in [7, 11) is -0.875. The van der Waals surface area contributed by atoms with Crippen LogP contribution in [0.3, 0.4) is 0 Å². The molecule has 17 heavy (non-hydrogen) atoms. The van der Waals surface area contributed by atoms with E-state index in [0.717, 1.165) is 38.9 Å². The molecule has 0 spiro atoms. The van der Waals surface area contributed by atoms with Crippen molar-refractivity contribution in [3.05, 3.63) is 0 Å². The highest BCUT2D eigenvalue weighted by Crippen LogP contribution is 2.07. The zero-order valence-corrected chi connectivity index (χ0v) is 12.2. The van der Waals surface area contributed by atoms with Crippen LogP contribution in [0.4, 0.5) is 0 Å². The van der Waals surface area contributed by atoms with Crippen molar-refractivity contribution in [3.63, 3.8) is 0 Å². The van der Waals surface area contributed by atoms with Crippen LogP contribution in [0.1, 0.15) is 39.5 Å². The van der Waals surface area contributed by atoms with E-state index in [0.29, 0.717) is 11.8 Å². The van der Waals surface area contributed by atoms with Gasteiger partial charge in [0.15, 0.2) is 0 Å². The number of hydrogen-bond donors (Lipinski definition) is 1. The fourth-order valence-electron chi connectivity index (χ4n) is 1.70. The van der Waals surface area contributed by atoms with Crippen molar-refractivity contribution in [2.24, 2.45) is 0 Å². The molecule has 1 N–H and O–H groups in total. The number of ether oxygens (including phenoxy) is 1. The molecule has 0 saturated heterocycles. The van der Waals surface area contributed by atoms with Gasteiger partial charge in [-0.2, -0.15) is 0 Å². The highest BCUT2D eigenvalue weighted by Gasteiger charge is 2.10. The van der Waals surface area contributed by atoms with Gasteiger partial charge >= 0.3 is 0 Å². The van der Waals surface area contributed by atoms with E-state index in [1.54, 1.807) is 6.92 Å². The predicted molar refractivity (Wildman–Crippen MR) is 72.1 cm³/mol. The van der Waals surface area contributed by atoms with Gasteiger partial charge in [0.25, 0.3) is 0 Å². The fourth-order valence-corrected chi connectivity index (χ4v) is 2.60. The average Bonchev–Trinajstić information content (AvgIpc) is 2.32. The highest BCUT2D eigenvalue weighted by atomic mass is 32.2. The lowest BCUT2D eigenvalue weighted by atomic mass is 10.1. The monoisotopic (exact) mass is 265 g/mol. The lowest BCUT2D eigenvalue weighted by Gasteiger charge is -2.15. The van der Waals surface area contributed by atoms with E-state index in [4.69, 9.17) is 4.74 Å². The molecule has 104 valence electrons. The maximum atomic E-state index is 11.3. The van der Waals surface area contributed by atoms with Crippen LogP contribution in [-0.4, -0.2) is 46.2 Å². The second kappa shape index (κ2) is 9.85. The van der Waals surface area contributed by atoms with E-state index < -0.39 is 9.84 Å². The summed E-state index contributed by atoms with van der Waals surface area (Å²) in [6.07, 6.45) is 3.74. The zero-order valence-electron chi connectivity index (χ0n) is 11.4. The molecule has 0 aliphatic rings. The molecule has 0 aromatic heterocycles. The smallest absolute Gasteiger partial charge is 0.150 e. The van der Waals surface area contributed by atoms with Gasteiger partial charge in [-0.05, 0) is 39.7 Å². The van der Waals surface area contributed by atoms with Gasteiger partial charge in [-0.3, -0.25) is 0 Å². The molecular formula is C12H27NO3S. The normalized spacial score (nSPS) is 13.8. The van der Waals surface area contributed by atoms with Crippen LogP contribution in [0.5, 0.6) is 0 Å². The Hall–Kier alpha value is -0.130. The third-order valence-electron chi connectivity index (χ3n) is 2.90. The summed E-state index contributed by atoms with van der Waals surface area (Å²) in [5.41, 5.74) is 0. The van der Waals surface area contributed by atoms with Gasteiger partial charge in [-0.15, -0.1) is 0 Å². The van der Waals surface area contributed by atoms with Crippen LogP contribution in [0.2, 0.25) is 0 Å². The van der Waals surface area contributed by atoms with E-state index in [1.807, 2.05) is 14.0 Å². The minimum atomic E-state index is -2.80. The summed E-state index contributed by atoms with van der Waals surface area (Å²) in [5.74, 6) is 0.564. The molecule has 0 bridgehead atoms. The van der Waals surface area contributed by atoms with Gasteiger partial charge in [0.1, 0.15) is 9.84 Å². The number of rotatable bonds is 11. The zero-order chi connectivity index (χ0) is 13.1. The summed E-state index contributed by atoms with van der Waals surface area (Å²) in [4.78, 5) is 0. The molecule has 4 nitrogen and oxygen atoms in total. The van der Waals surface area contributed by atoms with Crippen LogP contribution in [0, 0.1) is 0 Å². The molecule has 0 rings (SSSR count). The van der Waals surface area contributed by atoms with Crippen molar-refractivity contribution in [1.29, 1.82) is 0 Å². The van der Waals surface area contributed by atoms with E-state index in [1.165, 1.54) is 0 Å². The van der Waals surface area contributed by atoms with Gasteiger partial charge in [-0.1, -0.05) is 6.92 Å². The fraction of sp³-hybridized carbons (Fsp3) is 1.00. The van der Waals surface area contributed by atoms with Crippen LogP contribution in [0.25, 0.3) is 0 Å². The molecule has 0 aliphatic carbocycles. The maximum absolute atomic E-state index is 11.3. The van der Waals surface area contributed by atoms with Crippen LogP contribution < -0.4 is 5.32 Å². The molecular weight excluding hydrogens is 238 g/mol. The Labute approximate surface area is 106 Å². The summed E-state index contributed by atoms with van der Waals surface area (Å²) in [6, 6.07) is 0.405. The van der Waals surface area contributed by atoms with Gasteiger partial charge in [0.2, 0.25) is 0 Å². The van der Waals surface area contributed by atoms with E-state index >= 15 is 0 Å². The Balaban J connectivity index is 3.68. The van der Waals surface area contributed by atoms with Gasteiger partial charge in [0, 0.05) is 25.0 Å². The Morgan fingerprint density at radius 3 is 2.35 bits per heavy atom. The van der Waals surface area contributed by atoms with Crippen LogP contribution in [0.15, 0.2) is 0 Å². The van der Waals surface area contributed by atoms with Gasteiger partial charge < -0.3 is 10.1 Å². The molecule has 1 atom stereocenters. The minimum Gasteiger partial charge on any atom is -0.382 e. The lowest BCUT2D eigenvalue weighted by Crippen LogP contribution is -2.26. The molecule has 0 fully saturated rings. The Morgan fingerprint density at radius 1 is 1.18 bits per heavy atom. The van der Waals surface area contributed by atoms with Crippen molar-refractivity contribution in [2.45, 2.75) is 45.6 Å². The third kappa shape index (κ3) is 9.56. The Bertz CT molecular complexity index is 265. The molecule has 0 aromatic rings. The number of hydrogen-bond acceptors (Lipinski definition) is 4. The van der Waals surface area contributed by atoms with Crippen molar-refractivity contribution in [1.82, 2.24) is 5.32 Å². The second-order valence-electron chi connectivity index (χ2n) is 4.20. The number of nitrogens with one attached hydrogen (secondary N) is 1. The van der Waals surface area contributed by atoms with Crippen LogP contribution in [-0.2, 0) is 14.6 Å². The largest absolute Gasteiger partial charge is 0.382 e. The summed E-state index contributed by atoms with van der Waals surface area (Å²) >= 11 is 0. The van der Waals surface area contributed by atoms with Crippen LogP contribution >= 0.6 is 0 Å². The standard InChI is InChI=1S/C12H27NO3S/c1-4-16-10-6-8-12(13-3)9-7-11-17(14,15)5-2/h12-13H,4-11H2,1-3H3. The van der Waals surface area contributed by atoms with Crippen molar-refractivity contribution in [2.75, 3.05) is 31.8 Å². The second-order valence-corrected chi connectivity index (χ2v) is 6.68. The SMILES string of the molecule is CCOCCCC(CCCS(=O)(=O)CC)NC. The van der Waals surface area contributed by atoms with E-state index in [9.17, 15) is 8.42 Å². The molecule has 0 amide bonds. The first-order valence-electron chi connectivity index (χ1n) is 6.51. The molecule has 1 unspecified atom stereocenters. The maximum Gasteiger partial charge on any atom is 0.150 e. The molecule has 0 aromatic carbocycles. The first-order chi connectivity index (χ1) is 8.05.